The van der Waals surface area contributed by atoms with Crippen LogP contribution in [0.15, 0.2) is 109 Å². The van der Waals surface area contributed by atoms with E-state index in [1.807, 2.05) is 35.9 Å². The van der Waals surface area contributed by atoms with E-state index >= 15 is 0 Å². The van der Waals surface area contributed by atoms with Crippen molar-refractivity contribution in [1.29, 1.82) is 0 Å². The van der Waals surface area contributed by atoms with Gasteiger partial charge in [0.2, 0.25) is 11.8 Å². The molecule has 7 aromatic rings. The number of ether oxygens (including phenoxy) is 2. The van der Waals surface area contributed by atoms with Gasteiger partial charge in [-0.25, -0.2) is 24.4 Å². The third-order valence-electron chi connectivity index (χ3n) is 20.0. The Balaban J connectivity index is 0.700. The van der Waals surface area contributed by atoms with Gasteiger partial charge in [0.15, 0.2) is 16.6 Å². The van der Waals surface area contributed by atoms with Crippen molar-refractivity contribution in [1.82, 2.24) is 45.2 Å². The van der Waals surface area contributed by atoms with E-state index in [2.05, 4.69) is 45.1 Å². The summed E-state index contributed by atoms with van der Waals surface area (Å²) in [4.78, 5) is 145. The quantitative estimate of drug-likeness (QED) is 0.0148. The molecule has 12 rings (SSSR count). The fourth-order valence-corrected chi connectivity index (χ4v) is 17.4. The van der Waals surface area contributed by atoms with Crippen molar-refractivity contribution < 1.29 is 67.6 Å². The number of Topliss-reactive ketones (excluding diaryl/α,β-unsaturated/α-hetero) is 1. The highest BCUT2D eigenvalue weighted by Crippen LogP contribution is 2.72. The first-order valence-electron chi connectivity index (χ1n) is 34.6. The van der Waals surface area contributed by atoms with Crippen molar-refractivity contribution in [2.24, 2.45) is 33.8 Å². The Labute approximate surface area is 593 Å². The Morgan fingerprint density at radius 2 is 1.53 bits per heavy atom. The lowest BCUT2D eigenvalue weighted by molar-refractivity contribution is -0.248. The van der Waals surface area contributed by atoms with Crippen molar-refractivity contribution >= 4 is 103 Å². The van der Waals surface area contributed by atoms with Crippen LogP contribution in [0, 0.1) is 35.0 Å². The molecule has 102 heavy (non-hydrogen) atoms. The molecule has 26 nitrogen and oxygen atoms in total. The number of imide groups is 1. The number of nitrogens with two attached hydrogens (primary N) is 1. The molecule has 4 bridgehead atoms. The highest BCUT2D eigenvalue weighted by molar-refractivity contribution is 7.22. The molecule has 4 aliphatic carbocycles. The number of benzene rings is 3. The van der Waals surface area contributed by atoms with E-state index in [4.69, 9.17) is 25.3 Å². The first kappa shape index (κ1) is 73.0. The second-order valence-corrected chi connectivity index (χ2v) is 29.9. The van der Waals surface area contributed by atoms with Gasteiger partial charge in [0.05, 0.1) is 57.9 Å². The fraction of sp³-hybridized carbons (Fsp3) is 0.440. The number of carboxylic acids is 2. The van der Waals surface area contributed by atoms with Crippen LogP contribution in [0.4, 0.5) is 20.4 Å². The summed E-state index contributed by atoms with van der Waals surface area (Å²) in [7, 11) is 0. The average molecular weight is 1410 g/mol. The molecular formula is C75H86N12O14S. The van der Waals surface area contributed by atoms with Crippen molar-refractivity contribution in [3.05, 3.63) is 132 Å². The summed E-state index contributed by atoms with van der Waals surface area (Å²) in [5.41, 5.74) is 9.59. The summed E-state index contributed by atoms with van der Waals surface area (Å²) in [6.45, 7) is 11.0. The van der Waals surface area contributed by atoms with Gasteiger partial charge < -0.3 is 46.3 Å². The van der Waals surface area contributed by atoms with E-state index in [0.717, 1.165) is 52.9 Å². The second kappa shape index (κ2) is 30.9. The summed E-state index contributed by atoms with van der Waals surface area (Å²) < 4.78 is 15.7. The predicted molar refractivity (Wildman–Crippen MR) is 381 cm³/mol. The smallest absolute Gasteiger partial charge is 0.410 e. The van der Waals surface area contributed by atoms with E-state index in [9.17, 15) is 58.2 Å². The maximum Gasteiger partial charge on any atom is 0.410 e. The van der Waals surface area contributed by atoms with Crippen molar-refractivity contribution in [3.63, 3.8) is 0 Å². The number of aromatic carboxylic acids is 1. The first-order chi connectivity index (χ1) is 48.7. The molecule has 4 aromatic heterocycles. The highest BCUT2D eigenvalue weighted by Gasteiger charge is 2.66. The number of carbonyl (C=O) groups is 10. The zero-order valence-electron chi connectivity index (χ0n) is 57.9. The minimum absolute atomic E-state index is 0.0569. The van der Waals surface area contributed by atoms with Gasteiger partial charge in [-0.15, -0.1) is 0 Å². The van der Waals surface area contributed by atoms with E-state index in [1.165, 1.54) is 28.4 Å². The number of urea groups is 1. The number of aromatic nitrogens is 5. The van der Waals surface area contributed by atoms with Crippen LogP contribution in [-0.4, -0.2) is 149 Å². The molecule has 5 aliphatic rings. The van der Waals surface area contributed by atoms with Crippen LogP contribution in [0.1, 0.15) is 150 Å². The Bertz CT molecular complexity index is 4360. The highest BCUT2D eigenvalue weighted by atomic mass is 32.1. The largest absolute Gasteiger partial charge is 0.481 e. The molecule has 4 atom stereocenters. The third-order valence-corrected chi connectivity index (χ3v) is 20.9. The molecule has 4 fully saturated rings. The van der Waals surface area contributed by atoms with E-state index in [-0.39, 0.29) is 122 Å². The number of hydrogen-bond acceptors (Lipinski definition) is 17. The molecule has 536 valence electrons. The normalized spacial score (nSPS) is 20.2. The third kappa shape index (κ3) is 17.4. The summed E-state index contributed by atoms with van der Waals surface area (Å²) in [5, 5.41) is 37.6. The van der Waals surface area contributed by atoms with Gasteiger partial charge in [-0.3, -0.25) is 53.4 Å². The number of carboxylic acid groups (broad SMARTS) is 2. The number of ketones is 1. The zero-order valence-corrected chi connectivity index (χ0v) is 58.7. The standard InChI is InChI=1S/C75H86N12O14S/c1-45(2)64(83-60(89)15-7-6-10-30-86-61(90)24-25-62(86)91)58(88)35-49(12-11-28-78-69(76)98)66(94)80-50-19-16-47(17-20-50)37-100-71(99)85(31-27-63(92)93)32-33-101-75-41-72(4)38-73(5,42-75)40-74(39-72,43-75)44-87-46(3)54(36-79-87)51-21-23-55(81-65(51)68(96)97)48-18-22-56-53(34-48)52(26-29-77-56)67(95)84-70-82-57-13-8-9-14-59(57)102-70/h8-9,13-14,16-26,29,34,36,45,49,64H,6-7,10-12,15,27-28,30-33,35,37-44H2,1-5H3,(H,80,94)(H,83,89)(H,92,93)(H,96,97)(H3,76,78,98)(H,82,84,95)/t49-,64+,72?,73?,74?,75?/m1/s1. The van der Waals surface area contributed by atoms with Gasteiger partial charge in [0.25, 0.3) is 17.7 Å². The number of nitrogens with one attached hydrogen (secondary N) is 4. The second-order valence-electron chi connectivity index (χ2n) is 28.9. The topological polar surface area (TPSA) is 367 Å². The van der Waals surface area contributed by atoms with E-state index < -0.39 is 47.5 Å². The minimum Gasteiger partial charge on any atom is -0.481 e. The molecular weight excluding hydrogens is 1320 g/mol. The minimum atomic E-state index is -1.22. The van der Waals surface area contributed by atoms with Gasteiger partial charge in [-0.1, -0.05) is 75.8 Å². The van der Waals surface area contributed by atoms with Gasteiger partial charge >= 0.3 is 24.1 Å². The van der Waals surface area contributed by atoms with E-state index in [0.29, 0.717) is 93.9 Å². The molecule has 0 spiro atoms. The van der Waals surface area contributed by atoms with Crippen LogP contribution in [0.25, 0.3) is 43.5 Å². The summed E-state index contributed by atoms with van der Waals surface area (Å²) >= 11 is 1.37. The van der Waals surface area contributed by atoms with Crippen molar-refractivity contribution in [2.45, 2.75) is 149 Å². The van der Waals surface area contributed by atoms with Gasteiger partial charge in [0.1, 0.15) is 6.61 Å². The number of aliphatic carboxylic acids is 1. The number of fused-ring (bicyclic) bond motifs is 2. The SMILES string of the molecule is Cc1c(-c2ccc(-c3ccc4nccc(C(=O)Nc5nc6ccccc6s5)c4c3)nc2C(=O)O)cnn1CC12CC3(C)CC(C)(C1)CC(OCCN(CCC(=O)O)C(=O)OCc1ccc(NC(=O)[C@H](CCCNC(N)=O)CC(=O)[C@@H](NC(=O)CCCCCN4C(=O)C=CC4=O)C(C)C)cc1)(C3)C2. The van der Waals surface area contributed by atoms with Crippen molar-refractivity contribution in [3.8, 4) is 22.4 Å². The Kier molecular flexibility index (Phi) is 22.1. The number of hydrogen-bond donors (Lipinski definition) is 7. The average Bonchev–Trinajstić information content (AvgIpc) is 0.790. The molecule has 8 amide bonds. The summed E-state index contributed by atoms with van der Waals surface area (Å²) in [5.74, 6) is -5.74. The Morgan fingerprint density at radius 3 is 2.24 bits per heavy atom. The number of primary amides is 1. The van der Waals surface area contributed by atoms with Crippen LogP contribution in [0.3, 0.4) is 0 Å². The predicted octanol–water partition coefficient (Wildman–Crippen LogP) is 10.9. The van der Waals surface area contributed by atoms with Gasteiger partial charge in [0, 0.05) is 103 Å². The Hall–Kier alpha value is -10.3. The summed E-state index contributed by atoms with van der Waals surface area (Å²) in [6, 6.07) is 23.1. The molecule has 8 N–H and O–H groups in total. The molecule has 5 heterocycles. The number of unbranched alkanes of at least 4 members (excludes halogenated alkanes) is 2. The van der Waals surface area contributed by atoms with E-state index in [1.54, 1.807) is 86.9 Å². The van der Waals surface area contributed by atoms with Crippen molar-refractivity contribution in [2.75, 3.05) is 43.4 Å². The molecule has 27 heteroatoms. The number of para-hydroxylation sites is 1. The number of anilines is 2. The molecule has 2 unspecified atom stereocenters. The number of rotatable bonds is 33. The number of thiazole rings is 1. The molecule has 0 radical (unpaired) electrons. The lowest BCUT2D eigenvalue weighted by atomic mass is 9.39. The number of amides is 8. The van der Waals surface area contributed by atoms with Crippen LogP contribution >= 0.6 is 11.3 Å². The first-order valence-corrected chi connectivity index (χ1v) is 35.4. The number of carbonyl (C=O) groups excluding carboxylic acids is 8. The van der Waals surface area contributed by atoms with Gasteiger partial charge in [-0.2, -0.15) is 5.10 Å². The van der Waals surface area contributed by atoms with Crippen LogP contribution in [0.5, 0.6) is 0 Å². The molecule has 1 aliphatic heterocycles. The fourth-order valence-electron chi connectivity index (χ4n) is 16.5. The van der Waals surface area contributed by atoms with Crippen LogP contribution in [0.2, 0.25) is 0 Å². The molecule has 4 saturated carbocycles. The monoisotopic (exact) mass is 1410 g/mol. The number of pyridine rings is 2. The number of nitrogens with zero attached hydrogens (tertiary/aromatic N) is 7. The van der Waals surface area contributed by atoms with Gasteiger partial charge in [-0.05, 0) is 153 Å². The Morgan fingerprint density at radius 1 is 0.784 bits per heavy atom. The lowest BCUT2D eigenvalue weighted by Crippen LogP contribution is -2.64. The maximum atomic E-state index is 13.9. The molecule has 3 aromatic carbocycles. The maximum absolute atomic E-state index is 13.9. The lowest BCUT2D eigenvalue weighted by Gasteiger charge is -2.69. The summed E-state index contributed by atoms with van der Waals surface area (Å²) in [6.07, 6.45) is 11.8. The zero-order chi connectivity index (χ0) is 72.7. The molecule has 0 saturated heterocycles. The van der Waals surface area contributed by atoms with Crippen LogP contribution < -0.4 is 27.0 Å². The van der Waals surface area contributed by atoms with Crippen LogP contribution in [-0.2, 0) is 51.4 Å².